The lowest BCUT2D eigenvalue weighted by atomic mass is 10.0. The summed E-state index contributed by atoms with van der Waals surface area (Å²) in [5, 5.41) is 10.9. The normalized spacial score (nSPS) is 13.7. The Bertz CT molecular complexity index is 1490. The van der Waals surface area contributed by atoms with Crippen molar-refractivity contribution in [2.24, 2.45) is 0 Å². The maximum atomic E-state index is 6.70. The molecule has 1 aliphatic rings. The fourth-order valence-corrected chi connectivity index (χ4v) is 5.11. The van der Waals surface area contributed by atoms with E-state index < -0.39 is 0 Å². The Balaban J connectivity index is 1.46. The number of hydrogen-bond acceptors (Lipinski definition) is 5. The van der Waals surface area contributed by atoms with E-state index in [0.29, 0.717) is 10.8 Å². The van der Waals surface area contributed by atoms with Gasteiger partial charge in [0, 0.05) is 12.7 Å². The molecular formula is C26H22ClN5S. The van der Waals surface area contributed by atoms with Gasteiger partial charge in [0.2, 0.25) is 0 Å². The number of halogens is 1. The van der Waals surface area contributed by atoms with Crippen LogP contribution < -0.4 is 4.90 Å². The molecule has 3 aromatic carbocycles. The highest BCUT2D eigenvalue weighted by Gasteiger charge is 2.23. The minimum Gasteiger partial charge on any atom is -0.329 e. The summed E-state index contributed by atoms with van der Waals surface area (Å²) in [6.45, 7) is 0. The second kappa shape index (κ2) is 8.04. The molecule has 1 saturated carbocycles. The van der Waals surface area contributed by atoms with Gasteiger partial charge in [0.05, 0.1) is 15.9 Å². The first-order valence-electron chi connectivity index (χ1n) is 11.0. The largest absolute Gasteiger partial charge is 0.329 e. The smallest absolute Gasteiger partial charge is 0.258 e. The number of aromatic nitrogens is 4. The van der Waals surface area contributed by atoms with Crippen LogP contribution in [0, 0.1) is 0 Å². The first-order valence-corrected chi connectivity index (χ1v) is 12.6. The van der Waals surface area contributed by atoms with Crippen molar-refractivity contribution in [1.82, 2.24) is 19.6 Å². The van der Waals surface area contributed by atoms with E-state index in [2.05, 4.69) is 63.6 Å². The maximum absolute atomic E-state index is 6.70. The first-order chi connectivity index (χ1) is 16.1. The van der Waals surface area contributed by atoms with Crippen LogP contribution >= 0.6 is 23.4 Å². The molecule has 0 amide bonds. The molecule has 0 N–H and O–H groups in total. The van der Waals surface area contributed by atoms with Gasteiger partial charge < -0.3 is 4.90 Å². The van der Waals surface area contributed by atoms with E-state index in [9.17, 15) is 0 Å². The summed E-state index contributed by atoms with van der Waals surface area (Å²) in [4.78, 5) is 6.94. The van der Waals surface area contributed by atoms with Crippen LogP contribution in [0.1, 0.15) is 24.3 Å². The molecule has 6 rings (SSSR count). The van der Waals surface area contributed by atoms with Crippen LogP contribution in [0.3, 0.4) is 0 Å². The van der Waals surface area contributed by atoms with Crippen LogP contribution in [-0.2, 0) is 0 Å². The molecule has 33 heavy (non-hydrogen) atoms. The van der Waals surface area contributed by atoms with E-state index in [0.717, 1.165) is 33.5 Å². The molecule has 164 valence electrons. The van der Waals surface area contributed by atoms with Gasteiger partial charge >= 0.3 is 0 Å². The zero-order valence-electron chi connectivity index (χ0n) is 18.4. The van der Waals surface area contributed by atoms with Crippen molar-refractivity contribution in [2.45, 2.75) is 23.9 Å². The van der Waals surface area contributed by atoms with E-state index in [1.807, 2.05) is 35.9 Å². The third-order valence-electron chi connectivity index (χ3n) is 6.30. The highest BCUT2D eigenvalue weighted by atomic mass is 35.5. The molecule has 0 radical (unpaired) electrons. The van der Waals surface area contributed by atoms with Gasteiger partial charge in [0.1, 0.15) is 5.82 Å². The summed E-state index contributed by atoms with van der Waals surface area (Å²) in [7, 11) is 2.02. The monoisotopic (exact) mass is 471 g/mol. The summed E-state index contributed by atoms with van der Waals surface area (Å²) >= 11 is 8.24. The Morgan fingerprint density at radius 1 is 0.970 bits per heavy atom. The topological polar surface area (TPSA) is 46.3 Å². The van der Waals surface area contributed by atoms with E-state index in [4.69, 9.17) is 16.6 Å². The average molecular weight is 472 g/mol. The van der Waals surface area contributed by atoms with Crippen molar-refractivity contribution < 1.29 is 0 Å². The summed E-state index contributed by atoms with van der Waals surface area (Å²) in [6, 6.07) is 23.4. The number of benzene rings is 3. The van der Waals surface area contributed by atoms with Gasteiger partial charge in [-0.15, -0.1) is 10.2 Å². The molecule has 5 aromatic rings. The van der Waals surface area contributed by atoms with Crippen molar-refractivity contribution in [3.63, 3.8) is 0 Å². The standard InChI is InChI=1S/C26H22ClN5S/c1-31(20-6-3-5-19(15-20)18-13-11-17(12-14-18)16-9-10-16)24-23-21(27)7-4-8-22(23)32-25(28-24)29-30-26(32)33-2/h3-8,11-16H,9-10H2,1-2H3. The van der Waals surface area contributed by atoms with Gasteiger partial charge in [-0.25, -0.2) is 0 Å². The summed E-state index contributed by atoms with van der Waals surface area (Å²) in [5.41, 5.74) is 5.80. The van der Waals surface area contributed by atoms with E-state index in [1.165, 1.54) is 41.3 Å². The van der Waals surface area contributed by atoms with Gasteiger partial charge in [0.15, 0.2) is 5.16 Å². The Morgan fingerprint density at radius 2 is 1.76 bits per heavy atom. The zero-order valence-corrected chi connectivity index (χ0v) is 19.9. The van der Waals surface area contributed by atoms with E-state index in [-0.39, 0.29) is 0 Å². The van der Waals surface area contributed by atoms with Crippen LogP contribution in [0.5, 0.6) is 0 Å². The molecule has 5 nitrogen and oxygen atoms in total. The molecule has 1 aliphatic carbocycles. The molecule has 0 saturated heterocycles. The highest BCUT2D eigenvalue weighted by molar-refractivity contribution is 7.98. The highest BCUT2D eigenvalue weighted by Crippen LogP contribution is 2.41. The summed E-state index contributed by atoms with van der Waals surface area (Å²) < 4.78 is 1.96. The fourth-order valence-electron chi connectivity index (χ4n) is 4.37. The summed E-state index contributed by atoms with van der Waals surface area (Å²) in [6.07, 6.45) is 4.62. The maximum Gasteiger partial charge on any atom is 0.258 e. The van der Waals surface area contributed by atoms with Crippen LogP contribution in [0.4, 0.5) is 11.5 Å². The summed E-state index contributed by atoms with van der Waals surface area (Å²) in [5.74, 6) is 2.08. The second-order valence-electron chi connectivity index (χ2n) is 8.40. The van der Waals surface area contributed by atoms with Crippen molar-refractivity contribution >= 4 is 51.5 Å². The molecule has 7 heteroatoms. The third kappa shape index (κ3) is 3.54. The van der Waals surface area contributed by atoms with Crippen molar-refractivity contribution in [3.8, 4) is 11.1 Å². The van der Waals surface area contributed by atoms with Crippen LogP contribution in [0.25, 0.3) is 27.8 Å². The SMILES string of the molecule is CSc1nnc2nc(N(C)c3cccc(-c4ccc(C5CC5)cc4)c3)c3c(Cl)cccc3n12. The molecule has 0 unspecified atom stereocenters. The Kier molecular flexibility index (Phi) is 5.00. The number of fused-ring (bicyclic) bond motifs is 3. The minimum atomic E-state index is 0.558. The Morgan fingerprint density at radius 3 is 2.52 bits per heavy atom. The quantitative estimate of drug-likeness (QED) is 0.259. The van der Waals surface area contributed by atoms with Crippen molar-refractivity contribution in [2.75, 3.05) is 18.2 Å². The fraction of sp³-hybridized carbons (Fsp3) is 0.192. The number of rotatable bonds is 5. The Hall–Kier alpha value is -3.09. The van der Waals surface area contributed by atoms with Crippen molar-refractivity contribution in [3.05, 3.63) is 77.3 Å². The first kappa shape index (κ1) is 20.5. The second-order valence-corrected chi connectivity index (χ2v) is 9.58. The predicted octanol–water partition coefficient (Wildman–Crippen LogP) is 6.97. The van der Waals surface area contributed by atoms with Gasteiger partial charge in [-0.3, -0.25) is 4.40 Å². The molecular weight excluding hydrogens is 450 g/mol. The lowest BCUT2D eigenvalue weighted by Gasteiger charge is -2.22. The lowest BCUT2D eigenvalue weighted by Crippen LogP contribution is -2.13. The molecule has 0 atom stereocenters. The van der Waals surface area contributed by atoms with E-state index in [1.54, 1.807) is 0 Å². The number of hydrogen-bond donors (Lipinski definition) is 0. The molecule has 1 fully saturated rings. The molecule has 2 aromatic heterocycles. The number of anilines is 2. The molecule has 2 heterocycles. The van der Waals surface area contributed by atoms with Gasteiger partial charge in [-0.2, -0.15) is 4.98 Å². The number of thioether (sulfide) groups is 1. The Labute approximate surface area is 201 Å². The molecule has 0 bridgehead atoms. The number of nitrogens with zero attached hydrogens (tertiary/aromatic N) is 5. The minimum absolute atomic E-state index is 0.558. The van der Waals surface area contributed by atoms with Gasteiger partial charge in [-0.05, 0) is 66.0 Å². The average Bonchev–Trinajstić information content (AvgIpc) is 3.62. The van der Waals surface area contributed by atoms with Crippen LogP contribution in [0.15, 0.2) is 71.9 Å². The molecule has 0 spiro atoms. The molecule has 0 aliphatic heterocycles. The predicted molar refractivity (Wildman–Crippen MR) is 137 cm³/mol. The van der Waals surface area contributed by atoms with Crippen LogP contribution in [0.2, 0.25) is 5.02 Å². The zero-order chi connectivity index (χ0) is 22.5. The van der Waals surface area contributed by atoms with Crippen molar-refractivity contribution in [1.29, 1.82) is 0 Å². The third-order valence-corrected chi connectivity index (χ3v) is 7.25. The van der Waals surface area contributed by atoms with Gasteiger partial charge in [0.25, 0.3) is 5.78 Å². The van der Waals surface area contributed by atoms with Crippen LogP contribution in [-0.4, -0.2) is 32.9 Å². The van der Waals surface area contributed by atoms with E-state index >= 15 is 0 Å². The lowest BCUT2D eigenvalue weighted by molar-refractivity contribution is 0.942. The van der Waals surface area contributed by atoms with Gasteiger partial charge in [-0.1, -0.05) is 65.8 Å².